The smallest absolute Gasteiger partial charge is 0.249 e. The molecule has 30 heavy (non-hydrogen) atoms. The summed E-state index contributed by atoms with van der Waals surface area (Å²) in [6.07, 6.45) is 4.34. The van der Waals surface area contributed by atoms with Crippen LogP contribution in [0.4, 0.5) is 0 Å². The largest absolute Gasteiger partial charge is 0.419 e. The molecule has 8 nitrogen and oxygen atoms in total. The average Bonchev–Trinajstić information content (AvgIpc) is 3.35. The molecule has 1 aliphatic rings. The number of likely N-dealkylation sites (tertiary alicyclic amines) is 1. The molecule has 1 aliphatic heterocycles. The first-order chi connectivity index (χ1) is 14.6. The van der Waals surface area contributed by atoms with E-state index in [1.807, 2.05) is 35.0 Å². The molecule has 0 bridgehead atoms. The number of benzene rings is 1. The molecule has 8 heteroatoms. The van der Waals surface area contributed by atoms with Crippen molar-refractivity contribution in [3.05, 3.63) is 36.4 Å². The number of carbonyl (C=O) groups excluding carboxylic acids is 1. The number of amides is 1. The van der Waals surface area contributed by atoms with Crippen LogP contribution in [0.3, 0.4) is 0 Å². The van der Waals surface area contributed by atoms with Gasteiger partial charge in [0.05, 0.1) is 18.7 Å². The number of aromatic nitrogens is 3. The van der Waals surface area contributed by atoms with Gasteiger partial charge in [-0.15, -0.1) is 10.2 Å². The predicted molar refractivity (Wildman–Crippen MR) is 114 cm³/mol. The molecule has 1 amide bonds. The Labute approximate surface area is 176 Å². The van der Waals surface area contributed by atoms with Gasteiger partial charge in [0.2, 0.25) is 17.7 Å². The molecule has 3 heterocycles. The minimum atomic E-state index is -0.0649. The van der Waals surface area contributed by atoms with Gasteiger partial charge in [0.25, 0.3) is 0 Å². The van der Waals surface area contributed by atoms with Crippen molar-refractivity contribution in [2.24, 2.45) is 5.92 Å². The standard InChI is InChI=1S/C22H29N5O3/c1-16-7-10-26(11-8-16)15-21-24-25-22(30-21)18-13-27(14-20(28)23-9-12-29-2)19-6-4-3-5-17(18)19/h3-6,13,16H,7-12,14-15H2,1-2H3,(H,23,28). The van der Waals surface area contributed by atoms with E-state index < -0.39 is 0 Å². The van der Waals surface area contributed by atoms with Crippen LogP contribution < -0.4 is 5.32 Å². The zero-order valence-corrected chi connectivity index (χ0v) is 17.6. The fourth-order valence-electron chi connectivity index (χ4n) is 3.89. The molecule has 1 fully saturated rings. The Bertz CT molecular complexity index is 988. The van der Waals surface area contributed by atoms with Crippen molar-refractivity contribution in [3.8, 4) is 11.5 Å². The third-order valence-electron chi connectivity index (χ3n) is 5.66. The van der Waals surface area contributed by atoms with E-state index in [9.17, 15) is 4.79 Å². The molecule has 1 saturated heterocycles. The van der Waals surface area contributed by atoms with Crippen LogP contribution in [0, 0.1) is 5.92 Å². The first-order valence-electron chi connectivity index (χ1n) is 10.5. The maximum Gasteiger partial charge on any atom is 0.249 e. The highest BCUT2D eigenvalue weighted by atomic mass is 16.5. The maximum absolute atomic E-state index is 12.3. The number of nitrogens with zero attached hydrogens (tertiary/aromatic N) is 4. The zero-order valence-electron chi connectivity index (χ0n) is 17.6. The minimum absolute atomic E-state index is 0.0649. The van der Waals surface area contributed by atoms with Gasteiger partial charge in [0.15, 0.2) is 0 Å². The van der Waals surface area contributed by atoms with Crippen LogP contribution in [-0.4, -0.2) is 58.9 Å². The van der Waals surface area contributed by atoms with E-state index in [0.717, 1.165) is 35.5 Å². The predicted octanol–water partition coefficient (Wildman–Crippen LogP) is 2.69. The first-order valence-corrected chi connectivity index (χ1v) is 10.5. The number of fused-ring (bicyclic) bond motifs is 1. The number of para-hydroxylation sites is 1. The first kappa shape index (κ1) is 20.6. The van der Waals surface area contributed by atoms with Gasteiger partial charge < -0.3 is 19.0 Å². The van der Waals surface area contributed by atoms with Gasteiger partial charge in [-0.2, -0.15) is 0 Å². The van der Waals surface area contributed by atoms with Crippen molar-refractivity contribution in [2.45, 2.75) is 32.9 Å². The molecular weight excluding hydrogens is 382 g/mol. The van der Waals surface area contributed by atoms with Gasteiger partial charge in [-0.1, -0.05) is 25.1 Å². The molecule has 1 N–H and O–H groups in total. The Balaban J connectivity index is 1.51. The lowest BCUT2D eigenvalue weighted by atomic mass is 9.99. The average molecular weight is 412 g/mol. The lowest BCUT2D eigenvalue weighted by molar-refractivity contribution is -0.121. The van der Waals surface area contributed by atoms with Crippen molar-refractivity contribution in [1.82, 2.24) is 25.0 Å². The highest BCUT2D eigenvalue weighted by Crippen LogP contribution is 2.30. The molecule has 0 unspecified atom stereocenters. The SMILES string of the molecule is COCCNC(=O)Cn1cc(-c2nnc(CN3CCC(C)CC3)o2)c2ccccc21. The summed E-state index contributed by atoms with van der Waals surface area (Å²) >= 11 is 0. The van der Waals surface area contributed by atoms with Crippen LogP contribution in [-0.2, 0) is 22.6 Å². The Morgan fingerprint density at radius 2 is 2.07 bits per heavy atom. The van der Waals surface area contributed by atoms with Crippen LogP contribution in [0.2, 0.25) is 0 Å². The van der Waals surface area contributed by atoms with E-state index in [0.29, 0.717) is 31.5 Å². The highest BCUT2D eigenvalue weighted by Gasteiger charge is 2.20. The third kappa shape index (κ3) is 4.71. The minimum Gasteiger partial charge on any atom is -0.419 e. The number of rotatable bonds is 8. The summed E-state index contributed by atoms with van der Waals surface area (Å²) < 4.78 is 12.9. The number of carbonyl (C=O) groups is 1. The normalized spacial score (nSPS) is 15.7. The Kier molecular flexibility index (Phi) is 6.44. The van der Waals surface area contributed by atoms with Gasteiger partial charge in [-0.05, 0) is 37.9 Å². The van der Waals surface area contributed by atoms with E-state index >= 15 is 0 Å². The molecule has 1 aromatic carbocycles. The van der Waals surface area contributed by atoms with Gasteiger partial charge >= 0.3 is 0 Å². The van der Waals surface area contributed by atoms with Gasteiger partial charge in [-0.3, -0.25) is 9.69 Å². The molecule has 0 radical (unpaired) electrons. The summed E-state index contributed by atoms with van der Waals surface area (Å²) in [6, 6.07) is 7.94. The summed E-state index contributed by atoms with van der Waals surface area (Å²) in [4.78, 5) is 14.6. The fraction of sp³-hybridized carbons (Fsp3) is 0.500. The van der Waals surface area contributed by atoms with E-state index in [2.05, 4.69) is 27.3 Å². The number of piperidine rings is 1. The van der Waals surface area contributed by atoms with E-state index in [1.54, 1.807) is 7.11 Å². The lowest BCUT2D eigenvalue weighted by Crippen LogP contribution is -2.32. The van der Waals surface area contributed by atoms with Crippen LogP contribution in [0.1, 0.15) is 25.7 Å². The van der Waals surface area contributed by atoms with Gasteiger partial charge in [0, 0.05) is 30.8 Å². The molecule has 3 aromatic rings. The Hall–Kier alpha value is -2.71. The van der Waals surface area contributed by atoms with Gasteiger partial charge in [-0.25, -0.2) is 0 Å². The van der Waals surface area contributed by atoms with E-state index in [-0.39, 0.29) is 12.5 Å². The third-order valence-corrected chi connectivity index (χ3v) is 5.66. The second kappa shape index (κ2) is 9.40. The van der Waals surface area contributed by atoms with Crippen LogP contribution in [0.5, 0.6) is 0 Å². The van der Waals surface area contributed by atoms with Crippen LogP contribution in [0.25, 0.3) is 22.4 Å². The molecule has 4 rings (SSSR count). The fourth-order valence-corrected chi connectivity index (χ4v) is 3.89. The molecule has 160 valence electrons. The second-order valence-electron chi connectivity index (χ2n) is 7.99. The summed E-state index contributed by atoms with van der Waals surface area (Å²) in [6.45, 7) is 6.31. The number of methoxy groups -OCH3 is 1. The Morgan fingerprint density at radius 3 is 2.87 bits per heavy atom. The van der Waals surface area contributed by atoms with Crippen molar-refractivity contribution >= 4 is 16.8 Å². The van der Waals surface area contributed by atoms with Crippen molar-refractivity contribution in [2.75, 3.05) is 33.4 Å². The highest BCUT2D eigenvalue weighted by molar-refractivity contribution is 5.94. The summed E-state index contributed by atoms with van der Waals surface area (Å²) in [5.74, 6) is 1.85. The van der Waals surface area contributed by atoms with Crippen LogP contribution in [0.15, 0.2) is 34.9 Å². The summed E-state index contributed by atoms with van der Waals surface area (Å²) in [5.41, 5.74) is 1.81. The molecule has 0 aliphatic carbocycles. The van der Waals surface area contributed by atoms with E-state index in [4.69, 9.17) is 9.15 Å². The number of ether oxygens (including phenoxy) is 1. The second-order valence-corrected chi connectivity index (χ2v) is 7.99. The maximum atomic E-state index is 12.3. The molecule has 0 saturated carbocycles. The number of hydrogen-bond acceptors (Lipinski definition) is 6. The summed E-state index contributed by atoms with van der Waals surface area (Å²) in [7, 11) is 1.61. The van der Waals surface area contributed by atoms with E-state index in [1.165, 1.54) is 12.8 Å². The summed E-state index contributed by atoms with van der Waals surface area (Å²) in [5, 5.41) is 12.4. The zero-order chi connectivity index (χ0) is 20.9. The topological polar surface area (TPSA) is 85.4 Å². The number of nitrogens with one attached hydrogen (secondary N) is 1. The Morgan fingerprint density at radius 1 is 1.27 bits per heavy atom. The molecular formula is C22H29N5O3. The molecule has 2 aromatic heterocycles. The van der Waals surface area contributed by atoms with Crippen molar-refractivity contribution < 1.29 is 13.9 Å². The molecule has 0 spiro atoms. The van der Waals surface area contributed by atoms with Crippen molar-refractivity contribution in [1.29, 1.82) is 0 Å². The monoisotopic (exact) mass is 411 g/mol. The van der Waals surface area contributed by atoms with Crippen LogP contribution >= 0.6 is 0 Å². The van der Waals surface area contributed by atoms with Crippen molar-refractivity contribution in [3.63, 3.8) is 0 Å². The number of hydrogen-bond donors (Lipinski definition) is 1. The van der Waals surface area contributed by atoms with Gasteiger partial charge in [0.1, 0.15) is 6.54 Å². The molecule has 0 atom stereocenters. The quantitative estimate of drug-likeness (QED) is 0.574. The lowest BCUT2D eigenvalue weighted by Gasteiger charge is -2.28.